The number of carbonyl (C=O) groups excluding carboxylic acids is 1. The third-order valence-corrected chi connectivity index (χ3v) is 4.59. The number of hydrogen-bond acceptors (Lipinski definition) is 3. The number of benzene rings is 1. The van der Waals surface area contributed by atoms with Gasteiger partial charge in [-0.1, -0.05) is 22.0 Å². The maximum Gasteiger partial charge on any atom is 0.234 e. The number of alkyl halides is 1. The summed E-state index contributed by atoms with van der Waals surface area (Å²) >= 11 is 5.03. The Morgan fingerprint density at radius 1 is 1.53 bits per heavy atom. The smallest absolute Gasteiger partial charge is 0.234 e. The third-order valence-electron chi connectivity index (χ3n) is 2.66. The number of anilines is 1. The van der Waals surface area contributed by atoms with Gasteiger partial charge in [0, 0.05) is 11.4 Å². The van der Waals surface area contributed by atoms with E-state index in [1.165, 1.54) is 10.5 Å². The van der Waals surface area contributed by atoms with Crippen LogP contribution in [0.15, 0.2) is 23.1 Å². The average Bonchev–Trinajstić information content (AvgIpc) is 2.35. The summed E-state index contributed by atoms with van der Waals surface area (Å²) in [5.41, 5.74) is 3.11. The summed E-state index contributed by atoms with van der Waals surface area (Å²) in [6.07, 6.45) is 0.996. The van der Waals surface area contributed by atoms with Gasteiger partial charge in [0.1, 0.15) is 0 Å². The summed E-state index contributed by atoms with van der Waals surface area (Å²) < 4.78 is 0. The number of hydrogen-bond donors (Lipinski definition) is 1. The molecule has 0 saturated carbocycles. The second-order valence-electron chi connectivity index (χ2n) is 4.12. The Morgan fingerprint density at radius 2 is 2.35 bits per heavy atom. The van der Waals surface area contributed by atoms with E-state index in [1.807, 2.05) is 0 Å². The predicted molar refractivity (Wildman–Crippen MR) is 75.9 cm³/mol. The summed E-state index contributed by atoms with van der Waals surface area (Å²) in [6, 6.07) is 6.33. The zero-order valence-corrected chi connectivity index (χ0v) is 12.1. The zero-order valence-electron chi connectivity index (χ0n) is 9.70. The molecule has 0 saturated heterocycles. The minimum absolute atomic E-state index is 0.0947. The van der Waals surface area contributed by atoms with E-state index in [-0.39, 0.29) is 5.91 Å². The lowest BCUT2D eigenvalue weighted by Gasteiger charge is -2.18. The van der Waals surface area contributed by atoms with Gasteiger partial charge in [0.05, 0.1) is 16.9 Å². The molecule has 0 fully saturated rings. The standard InChI is InChI=1S/C12H15BrN2OS/c1-15(8-13)5-4-9-2-3-11-10(6-9)14-12(16)7-17-11/h2-3,6H,4-5,7-8H2,1H3,(H,14,16). The van der Waals surface area contributed by atoms with Crippen molar-refractivity contribution in [3.05, 3.63) is 23.8 Å². The summed E-state index contributed by atoms with van der Waals surface area (Å²) in [5.74, 6) is 0.621. The van der Waals surface area contributed by atoms with Crippen molar-refractivity contribution < 1.29 is 4.79 Å². The number of rotatable bonds is 4. The summed E-state index contributed by atoms with van der Waals surface area (Å²) in [6.45, 7) is 1.01. The Kier molecular flexibility index (Phi) is 4.48. The van der Waals surface area contributed by atoms with Crippen LogP contribution in [-0.4, -0.2) is 35.6 Å². The average molecular weight is 315 g/mol. The largest absolute Gasteiger partial charge is 0.324 e. The van der Waals surface area contributed by atoms with Crippen LogP contribution in [0.25, 0.3) is 0 Å². The number of thioether (sulfide) groups is 1. The highest BCUT2D eigenvalue weighted by Gasteiger charge is 2.15. The van der Waals surface area contributed by atoms with E-state index in [0.717, 1.165) is 24.1 Å². The van der Waals surface area contributed by atoms with Crippen LogP contribution in [-0.2, 0) is 11.2 Å². The lowest BCUT2D eigenvalue weighted by molar-refractivity contribution is -0.113. The summed E-state index contributed by atoms with van der Waals surface area (Å²) in [7, 11) is 2.07. The number of nitrogens with one attached hydrogen (secondary N) is 1. The molecule has 0 radical (unpaired) electrons. The van der Waals surface area contributed by atoms with Gasteiger partial charge >= 0.3 is 0 Å². The molecule has 0 bridgehead atoms. The molecule has 0 unspecified atom stereocenters. The first-order valence-electron chi connectivity index (χ1n) is 5.49. The fourth-order valence-electron chi connectivity index (χ4n) is 1.67. The molecule has 1 N–H and O–H groups in total. The highest BCUT2D eigenvalue weighted by atomic mass is 79.9. The molecular formula is C12H15BrN2OS. The molecule has 0 spiro atoms. The summed E-state index contributed by atoms with van der Waals surface area (Å²) in [5, 5.41) is 2.92. The third kappa shape index (κ3) is 3.47. The van der Waals surface area contributed by atoms with Gasteiger partial charge in [-0.3, -0.25) is 9.69 Å². The maximum atomic E-state index is 11.3. The molecule has 1 amide bonds. The highest BCUT2D eigenvalue weighted by Crippen LogP contribution is 2.32. The first-order chi connectivity index (χ1) is 8.19. The van der Waals surface area contributed by atoms with E-state index in [0.29, 0.717) is 5.75 Å². The van der Waals surface area contributed by atoms with Crippen molar-refractivity contribution in [2.24, 2.45) is 0 Å². The highest BCUT2D eigenvalue weighted by molar-refractivity contribution is 9.09. The number of fused-ring (bicyclic) bond motifs is 1. The molecule has 17 heavy (non-hydrogen) atoms. The van der Waals surface area contributed by atoms with E-state index in [1.54, 1.807) is 11.8 Å². The molecule has 5 heteroatoms. The Labute approximate surface area is 114 Å². The van der Waals surface area contributed by atoms with Gasteiger partial charge in [-0.2, -0.15) is 0 Å². The number of carbonyl (C=O) groups is 1. The van der Waals surface area contributed by atoms with Gasteiger partial charge < -0.3 is 5.32 Å². The van der Waals surface area contributed by atoms with Gasteiger partial charge in [0.15, 0.2) is 0 Å². The molecule has 3 nitrogen and oxygen atoms in total. The Hall–Kier alpha value is -0.520. The SMILES string of the molecule is CN(CBr)CCc1ccc2c(c1)NC(=O)CS2. The second-order valence-corrected chi connectivity index (χ2v) is 5.64. The molecule has 0 aliphatic carbocycles. The van der Waals surface area contributed by atoms with Crippen LogP contribution < -0.4 is 5.32 Å². The van der Waals surface area contributed by atoms with Crippen LogP contribution in [0.4, 0.5) is 5.69 Å². The van der Waals surface area contributed by atoms with Crippen molar-refractivity contribution in [2.75, 3.05) is 30.1 Å². The molecule has 92 valence electrons. The molecule has 0 aromatic heterocycles. The number of nitrogens with zero attached hydrogens (tertiary/aromatic N) is 1. The van der Waals surface area contributed by atoms with E-state index in [4.69, 9.17) is 0 Å². The van der Waals surface area contributed by atoms with Crippen molar-refractivity contribution >= 4 is 39.3 Å². The van der Waals surface area contributed by atoms with Crippen LogP contribution in [0.1, 0.15) is 5.56 Å². The van der Waals surface area contributed by atoms with Crippen molar-refractivity contribution in [3.63, 3.8) is 0 Å². The van der Waals surface area contributed by atoms with Crippen LogP contribution in [0.2, 0.25) is 0 Å². The molecule has 1 aliphatic rings. The minimum atomic E-state index is 0.0947. The van der Waals surface area contributed by atoms with Gasteiger partial charge in [0.25, 0.3) is 0 Å². The van der Waals surface area contributed by atoms with Gasteiger partial charge in [0.2, 0.25) is 5.91 Å². The number of halogens is 1. The molecule has 1 aromatic carbocycles. The lowest BCUT2D eigenvalue weighted by Crippen LogP contribution is -2.20. The van der Waals surface area contributed by atoms with Gasteiger partial charge in [-0.05, 0) is 31.2 Å². The molecule has 0 atom stereocenters. The quantitative estimate of drug-likeness (QED) is 0.685. The van der Waals surface area contributed by atoms with Crippen LogP contribution in [0.5, 0.6) is 0 Å². The first-order valence-corrected chi connectivity index (χ1v) is 7.60. The topological polar surface area (TPSA) is 32.3 Å². The van der Waals surface area contributed by atoms with Gasteiger partial charge in [-0.15, -0.1) is 11.8 Å². The fourth-order valence-corrected chi connectivity index (χ4v) is 2.70. The van der Waals surface area contributed by atoms with Gasteiger partial charge in [-0.25, -0.2) is 0 Å². The maximum absolute atomic E-state index is 11.3. The predicted octanol–water partition coefficient (Wildman–Crippen LogP) is 2.56. The van der Waals surface area contributed by atoms with Crippen LogP contribution in [0.3, 0.4) is 0 Å². The summed E-state index contributed by atoms with van der Waals surface area (Å²) in [4.78, 5) is 14.7. The number of amides is 1. The molecular weight excluding hydrogens is 300 g/mol. The zero-order chi connectivity index (χ0) is 12.3. The monoisotopic (exact) mass is 314 g/mol. The van der Waals surface area contributed by atoms with Crippen molar-refractivity contribution in [2.45, 2.75) is 11.3 Å². The molecule has 2 rings (SSSR count). The van der Waals surface area contributed by atoms with Crippen molar-refractivity contribution in [1.29, 1.82) is 0 Å². The Morgan fingerprint density at radius 3 is 3.12 bits per heavy atom. The van der Waals surface area contributed by atoms with E-state index >= 15 is 0 Å². The van der Waals surface area contributed by atoms with Crippen molar-refractivity contribution in [3.8, 4) is 0 Å². The number of likely N-dealkylation sites (N-methyl/N-ethyl adjacent to an activating group) is 1. The fraction of sp³-hybridized carbons (Fsp3) is 0.417. The minimum Gasteiger partial charge on any atom is -0.324 e. The van der Waals surface area contributed by atoms with Crippen LogP contribution in [0, 0.1) is 0 Å². The molecule has 1 aromatic rings. The normalized spacial score (nSPS) is 14.6. The molecule has 1 heterocycles. The Balaban J connectivity index is 2.05. The Bertz CT molecular complexity index is 425. The van der Waals surface area contributed by atoms with Crippen molar-refractivity contribution in [1.82, 2.24) is 4.90 Å². The lowest BCUT2D eigenvalue weighted by atomic mass is 10.1. The van der Waals surface area contributed by atoms with E-state index < -0.39 is 0 Å². The van der Waals surface area contributed by atoms with E-state index in [2.05, 4.69) is 51.4 Å². The first kappa shape index (κ1) is 12.9. The van der Waals surface area contributed by atoms with E-state index in [9.17, 15) is 4.79 Å². The second kappa shape index (κ2) is 5.89. The molecule has 1 aliphatic heterocycles. The van der Waals surface area contributed by atoms with Crippen LogP contribution >= 0.6 is 27.7 Å².